The number of nitrogens with two attached hydrogens (primary N) is 1. The molecule has 1 heterocycles. The van der Waals surface area contributed by atoms with Crippen molar-refractivity contribution in [3.05, 3.63) is 11.8 Å². The number of hydrogen-bond donors (Lipinski definition) is 3. The van der Waals surface area contributed by atoms with Crippen molar-refractivity contribution in [2.75, 3.05) is 0 Å². The number of ether oxygens (including phenoxy) is 2. The number of rotatable bonds is 5. The minimum atomic E-state index is -1.38. The summed E-state index contributed by atoms with van der Waals surface area (Å²) in [5.41, 5.74) is 4.38. The number of amides is 1. The van der Waals surface area contributed by atoms with Crippen molar-refractivity contribution in [3.8, 4) is 0 Å². The Morgan fingerprint density at radius 1 is 1.35 bits per heavy atom. The second-order valence-corrected chi connectivity index (χ2v) is 4.46. The number of nitrogens with one attached hydrogen (secondary N) is 1. The van der Waals surface area contributed by atoms with E-state index in [-0.39, 0.29) is 0 Å². The molecule has 1 saturated heterocycles. The van der Waals surface area contributed by atoms with Gasteiger partial charge in [0.2, 0.25) is 5.91 Å². The summed E-state index contributed by atoms with van der Waals surface area (Å²) in [7, 11) is 0. The minimum Gasteiger partial charge on any atom is -0.480 e. The topological polar surface area (TPSA) is 145 Å². The Labute approximate surface area is 113 Å². The molecule has 1 unspecified atom stereocenters. The highest BCUT2D eigenvalue weighted by Crippen LogP contribution is 2.22. The van der Waals surface area contributed by atoms with Crippen LogP contribution < -0.4 is 11.1 Å². The van der Waals surface area contributed by atoms with E-state index >= 15 is 0 Å². The molecule has 1 aliphatic rings. The predicted molar refractivity (Wildman–Crippen MR) is 62.7 cm³/mol. The van der Waals surface area contributed by atoms with Crippen LogP contribution in [0.1, 0.15) is 20.3 Å². The molecule has 1 amide bonds. The molecular formula is C11H14N2O7. The molecule has 1 rings (SSSR count). The maximum Gasteiger partial charge on any atom is 0.350 e. The molecule has 1 atom stereocenters. The number of carbonyl (C=O) groups excluding carboxylic acids is 3. The monoisotopic (exact) mass is 286 g/mol. The Morgan fingerprint density at radius 3 is 2.25 bits per heavy atom. The third kappa shape index (κ3) is 3.97. The molecule has 0 saturated carbocycles. The fourth-order valence-corrected chi connectivity index (χ4v) is 1.38. The van der Waals surface area contributed by atoms with Crippen molar-refractivity contribution in [2.24, 2.45) is 5.73 Å². The normalized spacial score (nSPS) is 18.6. The second kappa shape index (κ2) is 5.59. The van der Waals surface area contributed by atoms with Crippen LogP contribution in [0.15, 0.2) is 11.8 Å². The largest absolute Gasteiger partial charge is 0.480 e. The van der Waals surface area contributed by atoms with Crippen LogP contribution in [0.5, 0.6) is 0 Å². The Hall–Kier alpha value is -2.58. The number of primary amides is 1. The SMILES string of the molecule is CC1(C)OC(=O)C(=CNC(CC(N)=O)C(=O)O)C(=O)O1. The lowest BCUT2D eigenvalue weighted by Gasteiger charge is -2.29. The molecule has 0 aromatic heterocycles. The fourth-order valence-electron chi connectivity index (χ4n) is 1.38. The van der Waals surface area contributed by atoms with Crippen molar-refractivity contribution >= 4 is 23.8 Å². The lowest BCUT2D eigenvalue weighted by Crippen LogP contribution is -2.43. The summed E-state index contributed by atoms with van der Waals surface area (Å²) in [6.07, 6.45) is 0.330. The first kappa shape index (κ1) is 15.5. The highest BCUT2D eigenvalue weighted by Gasteiger charge is 2.39. The summed E-state index contributed by atoms with van der Waals surface area (Å²) < 4.78 is 9.60. The van der Waals surface area contributed by atoms with E-state index < -0.39 is 47.6 Å². The average molecular weight is 286 g/mol. The molecular weight excluding hydrogens is 272 g/mol. The molecule has 0 radical (unpaired) electrons. The van der Waals surface area contributed by atoms with Crippen molar-refractivity contribution in [3.63, 3.8) is 0 Å². The number of cyclic esters (lactones) is 2. The first-order valence-electron chi connectivity index (χ1n) is 5.56. The highest BCUT2D eigenvalue weighted by molar-refractivity contribution is 6.15. The van der Waals surface area contributed by atoms with Gasteiger partial charge in [0.25, 0.3) is 5.79 Å². The summed E-state index contributed by atoms with van der Waals surface area (Å²) in [6.45, 7) is 2.75. The number of aliphatic carboxylic acids is 1. The maximum atomic E-state index is 11.6. The quantitative estimate of drug-likeness (QED) is 0.318. The first-order chi connectivity index (χ1) is 9.12. The van der Waals surface area contributed by atoms with Crippen molar-refractivity contribution in [1.29, 1.82) is 0 Å². The van der Waals surface area contributed by atoms with Gasteiger partial charge < -0.3 is 25.6 Å². The van der Waals surface area contributed by atoms with Crippen molar-refractivity contribution in [2.45, 2.75) is 32.1 Å². The molecule has 110 valence electrons. The average Bonchev–Trinajstić information content (AvgIpc) is 2.23. The summed E-state index contributed by atoms with van der Waals surface area (Å²) in [5.74, 6) is -5.51. The molecule has 9 heteroatoms. The van der Waals surface area contributed by atoms with E-state index in [4.69, 9.17) is 20.3 Å². The lowest BCUT2D eigenvalue weighted by atomic mass is 10.2. The van der Waals surface area contributed by atoms with Crippen LogP contribution in [-0.4, -0.2) is 40.8 Å². The van der Waals surface area contributed by atoms with E-state index in [0.717, 1.165) is 6.20 Å². The first-order valence-corrected chi connectivity index (χ1v) is 5.56. The van der Waals surface area contributed by atoms with Gasteiger partial charge in [0.15, 0.2) is 5.57 Å². The zero-order chi connectivity index (χ0) is 15.5. The van der Waals surface area contributed by atoms with E-state index in [0.29, 0.717) is 0 Å². The van der Waals surface area contributed by atoms with Crippen LogP contribution >= 0.6 is 0 Å². The number of carboxylic acids is 1. The maximum absolute atomic E-state index is 11.6. The van der Waals surface area contributed by atoms with Gasteiger partial charge in [-0.25, -0.2) is 14.4 Å². The third-order valence-corrected chi connectivity index (χ3v) is 2.25. The van der Waals surface area contributed by atoms with E-state index in [2.05, 4.69) is 5.32 Å². The molecule has 0 spiro atoms. The van der Waals surface area contributed by atoms with Crippen molar-refractivity contribution in [1.82, 2.24) is 5.32 Å². The van der Waals surface area contributed by atoms with Crippen LogP contribution in [0.4, 0.5) is 0 Å². The van der Waals surface area contributed by atoms with Gasteiger partial charge >= 0.3 is 17.9 Å². The summed E-state index contributed by atoms with van der Waals surface area (Å²) in [5, 5.41) is 11.1. The Balaban J connectivity index is 2.83. The van der Waals surface area contributed by atoms with E-state index in [9.17, 15) is 19.2 Å². The molecule has 0 aromatic rings. The summed E-state index contributed by atoms with van der Waals surface area (Å²) >= 11 is 0. The van der Waals surface area contributed by atoms with Gasteiger partial charge in [-0.15, -0.1) is 0 Å². The molecule has 1 aliphatic heterocycles. The van der Waals surface area contributed by atoms with Gasteiger partial charge in [0.1, 0.15) is 6.04 Å². The van der Waals surface area contributed by atoms with Gasteiger partial charge in [0.05, 0.1) is 6.42 Å². The van der Waals surface area contributed by atoms with Gasteiger partial charge in [0, 0.05) is 20.0 Å². The zero-order valence-electron chi connectivity index (χ0n) is 10.8. The van der Waals surface area contributed by atoms with Crippen molar-refractivity contribution < 1.29 is 33.8 Å². The number of hydrogen-bond acceptors (Lipinski definition) is 7. The van der Waals surface area contributed by atoms with Crippen LogP contribution in [-0.2, 0) is 28.7 Å². The number of carbonyl (C=O) groups is 4. The number of esters is 2. The molecule has 1 fully saturated rings. The second-order valence-electron chi connectivity index (χ2n) is 4.46. The molecule has 4 N–H and O–H groups in total. The molecule has 0 aliphatic carbocycles. The van der Waals surface area contributed by atoms with Crippen LogP contribution in [0, 0.1) is 0 Å². The number of carboxylic acid groups (broad SMARTS) is 1. The fraction of sp³-hybridized carbons (Fsp3) is 0.455. The standard InChI is InChI=1S/C11H14N2O7/c1-11(2)19-9(17)5(10(18)20-11)4-13-6(8(15)16)3-7(12)14/h4,6,13H,3H2,1-2H3,(H2,12,14)(H,15,16). The molecule has 0 aromatic carbocycles. The minimum absolute atomic E-state index is 0.500. The van der Waals surface area contributed by atoms with Crippen LogP contribution in [0.25, 0.3) is 0 Å². The Morgan fingerprint density at radius 2 is 1.85 bits per heavy atom. The van der Waals surface area contributed by atoms with Gasteiger partial charge in [-0.1, -0.05) is 0 Å². The molecule has 9 nitrogen and oxygen atoms in total. The van der Waals surface area contributed by atoms with Gasteiger partial charge in [-0.2, -0.15) is 0 Å². The van der Waals surface area contributed by atoms with E-state index in [1.807, 2.05) is 0 Å². The van der Waals surface area contributed by atoms with Crippen LogP contribution in [0.3, 0.4) is 0 Å². The summed E-state index contributed by atoms with van der Waals surface area (Å²) in [6, 6.07) is -1.37. The van der Waals surface area contributed by atoms with Gasteiger partial charge in [-0.05, 0) is 0 Å². The zero-order valence-corrected chi connectivity index (χ0v) is 10.8. The van der Waals surface area contributed by atoms with E-state index in [1.54, 1.807) is 0 Å². The smallest absolute Gasteiger partial charge is 0.350 e. The lowest BCUT2D eigenvalue weighted by molar-refractivity contribution is -0.222. The summed E-state index contributed by atoms with van der Waals surface area (Å²) in [4.78, 5) is 44.6. The Bertz CT molecular complexity index is 473. The predicted octanol–water partition coefficient (Wildman–Crippen LogP) is -1.38. The molecule has 20 heavy (non-hydrogen) atoms. The molecule has 0 bridgehead atoms. The highest BCUT2D eigenvalue weighted by atomic mass is 16.7. The third-order valence-electron chi connectivity index (χ3n) is 2.25. The Kier molecular flexibility index (Phi) is 4.33. The van der Waals surface area contributed by atoms with Gasteiger partial charge in [-0.3, -0.25) is 4.79 Å². The van der Waals surface area contributed by atoms with Crippen LogP contribution in [0.2, 0.25) is 0 Å². The van der Waals surface area contributed by atoms with E-state index in [1.165, 1.54) is 13.8 Å².